The van der Waals surface area contributed by atoms with Crippen molar-refractivity contribution in [3.05, 3.63) is 34.7 Å². The monoisotopic (exact) mass is 295 g/mol. The lowest BCUT2D eigenvalue weighted by atomic mass is 10.3. The maximum atomic E-state index is 13.4. The van der Waals surface area contributed by atoms with Gasteiger partial charge < -0.3 is 14.8 Å². The molecule has 0 saturated heterocycles. The van der Waals surface area contributed by atoms with Crippen LogP contribution < -0.4 is 5.73 Å². The average molecular weight is 296 g/mol. The van der Waals surface area contributed by atoms with E-state index in [0.717, 1.165) is 0 Å². The van der Waals surface area contributed by atoms with E-state index in [0.29, 0.717) is 41.7 Å². The van der Waals surface area contributed by atoms with E-state index in [1.165, 1.54) is 12.1 Å². The fourth-order valence-corrected chi connectivity index (χ4v) is 2.19. The molecule has 20 heavy (non-hydrogen) atoms. The smallest absolute Gasteiger partial charge is 0.223 e. The summed E-state index contributed by atoms with van der Waals surface area (Å²) in [7, 11) is 0. The van der Waals surface area contributed by atoms with Crippen molar-refractivity contribution in [2.24, 2.45) is 0 Å². The number of nitrogens with two attached hydrogens (primary N) is 1. The first-order valence-corrected chi connectivity index (χ1v) is 6.32. The highest BCUT2D eigenvalue weighted by atomic mass is 35.5. The van der Waals surface area contributed by atoms with Gasteiger partial charge in [-0.05, 0) is 6.07 Å². The zero-order valence-electron chi connectivity index (χ0n) is 10.6. The fourth-order valence-electron chi connectivity index (χ4n) is 2.03. The number of hydrogen-bond acceptors (Lipinski definition) is 5. The Morgan fingerprint density at radius 2 is 2.20 bits per heavy atom. The van der Waals surface area contributed by atoms with Crippen molar-refractivity contribution in [2.45, 2.75) is 19.9 Å². The van der Waals surface area contributed by atoms with Crippen LogP contribution >= 0.6 is 11.6 Å². The summed E-state index contributed by atoms with van der Waals surface area (Å²) in [4.78, 5) is 8.22. The minimum absolute atomic E-state index is 0.0362. The van der Waals surface area contributed by atoms with E-state index in [4.69, 9.17) is 21.9 Å². The predicted molar refractivity (Wildman–Crippen MR) is 71.9 cm³/mol. The van der Waals surface area contributed by atoms with Crippen LogP contribution in [0.2, 0.25) is 5.02 Å². The van der Waals surface area contributed by atoms with Gasteiger partial charge in [0, 0.05) is 26.0 Å². The van der Waals surface area contributed by atoms with Crippen molar-refractivity contribution < 1.29 is 8.91 Å². The maximum Gasteiger partial charge on any atom is 0.223 e. The number of fused-ring (bicyclic) bond motifs is 1. The van der Waals surface area contributed by atoms with Gasteiger partial charge in [0.1, 0.15) is 5.82 Å². The SMILES string of the molecule is Cc1nc(CCn2c(N)nc3cc(F)c(Cl)cc32)no1. The van der Waals surface area contributed by atoms with Crippen LogP contribution in [0.3, 0.4) is 0 Å². The molecule has 2 N–H and O–H groups in total. The van der Waals surface area contributed by atoms with E-state index in [-0.39, 0.29) is 5.02 Å². The Kier molecular flexibility index (Phi) is 3.06. The molecule has 3 rings (SSSR count). The van der Waals surface area contributed by atoms with Crippen molar-refractivity contribution in [1.82, 2.24) is 19.7 Å². The highest BCUT2D eigenvalue weighted by Crippen LogP contribution is 2.24. The summed E-state index contributed by atoms with van der Waals surface area (Å²) in [6.07, 6.45) is 0.530. The minimum Gasteiger partial charge on any atom is -0.369 e. The molecule has 0 aliphatic heterocycles. The van der Waals surface area contributed by atoms with Gasteiger partial charge in [-0.15, -0.1) is 0 Å². The molecule has 3 aromatic rings. The van der Waals surface area contributed by atoms with Gasteiger partial charge in [-0.2, -0.15) is 4.98 Å². The number of aryl methyl sites for hydroxylation is 3. The molecule has 0 fully saturated rings. The normalized spacial score (nSPS) is 11.3. The lowest BCUT2D eigenvalue weighted by molar-refractivity contribution is 0.386. The molecule has 0 aliphatic rings. The second kappa shape index (κ2) is 4.75. The summed E-state index contributed by atoms with van der Waals surface area (Å²) < 4.78 is 20.0. The molecule has 0 atom stereocenters. The number of imidazole rings is 1. The molecule has 0 aliphatic carbocycles. The molecule has 0 bridgehead atoms. The Morgan fingerprint density at radius 1 is 1.40 bits per heavy atom. The second-order valence-corrected chi connectivity index (χ2v) is 4.76. The third-order valence-electron chi connectivity index (χ3n) is 2.95. The van der Waals surface area contributed by atoms with Gasteiger partial charge in [-0.3, -0.25) is 0 Å². The van der Waals surface area contributed by atoms with E-state index >= 15 is 0 Å². The molecule has 0 spiro atoms. The van der Waals surface area contributed by atoms with Crippen LogP contribution in [-0.4, -0.2) is 19.7 Å². The Bertz CT molecular complexity index is 782. The quantitative estimate of drug-likeness (QED) is 0.802. The molecule has 104 valence electrons. The highest BCUT2D eigenvalue weighted by molar-refractivity contribution is 6.31. The fraction of sp³-hybridized carbons (Fsp3) is 0.250. The molecule has 0 unspecified atom stereocenters. The summed E-state index contributed by atoms with van der Waals surface area (Å²) in [5.74, 6) is 0.866. The summed E-state index contributed by atoms with van der Waals surface area (Å²) in [6, 6.07) is 2.78. The largest absolute Gasteiger partial charge is 0.369 e. The van der Waals surface area contributed by atoms with E-state index in [1.807, 2.05) is 0 Å². The number of hydrogen-bond donors (Lipinski definition) is 1. The molecular formula is C12H11ClFN5O. The van der Waals surface area contributed by atoms with Gasteiger partial charge in [0.2, 0.25) is 11.8 Å². The molecule has 2 heterocycles. The van der Waals surface area contributed by atoms with Gasteiger partial charge in [0.05, 0.1) is 16.1 Å². The van der Waals surface area contributed by atoms with E-state index in [1.54, 1.807) is 11.5 Å². The van der Waals surface area contributed by atoms with E-state index in [9.17, 15) is 4.39 Å². The Hall–Kier alpha value is -2.15. The van der Waals surface area contributed by atoms with E-state index in [2.05, 4.69) is 15.1 Å². The Balaban J connectivity index is 1.94. The van der Waals surface area contributed by atoms with Crippen molar-refractivity contribution >= 4 is 28.6 Å². The van der Waals surface area contributed by atoms with E-state index < -0.39 is 5.82 Å². The number of aromatic nitrogens is 4. The topological polar surface area (TPSA) is 82.8 Å². The number of anilines is 1. The van der Waals surface area contributed by atoms with Crippen LogP contribution in [0.5, 0.6) is 0 Å². The Morgan fingerprint density at radius 3 is 2.90 bits per heavy atom. The van der Waals surface area contributed by atoms with Crippen molar-refractivity contribution in [1.29, 1.82) is 0 Å². The van der Waals surface area contributed by atoms with Gasteiger partial charge in [-0.1, -0.05) is 16.8 Å². The number of rotatable bonds is 3. The zero-order chi connectivity index (χ0) is 14.3. The third kappa shape index (κ3) is 2.20. The predicted octanol–water partition coefficient (Wildman–Crippen LogP) is 2.35. The Labute approximate surface area is 118 Å². The first kappa shape index (κ1) is 12.9. The van der Waals surface area contributed by atoms with Crippen molar-refractivity contribution in [3.63, 3.8) is 0 Å². The lowest BCUT2D eigenvalue weighted by Crippen LogP contribution is -2.06. The van der Waals surface area contributed by atoms with Gasteiger partial charge in [-0.25, -0.2) is 9.37 Å². The van der Waals surface area contributed by atoms with Crippen LogP contribution in [0, 0.1) is 12.7 Å². The molecule has 0 radical (unpaired) electrons. The van der Waals surface area contributed by atoms with Crippen molar-refractivity contribution in [3.8, 4) is 0 Å². The first-order valence-electron chi connectivity index (χ1n) is 5.94. The number of nitrogens with zero attached hydrogens (tertiary/aromatic N) is 4. The van der Waals surface area contributed by atoms with Crippen LogP contribution in [0.25, 0.3) is 11.0 Å². The van der Waals surface area contributed by atoms with Gasteiger partial charge in [0.25, 0.3) is 0 Å². The molecule has 8 heteroatoms. The van der Waals surface area contributed by atoms with Crippen LogP contribution in [-0.2, 0) is 13.0 Å². The van der Waals surface area contributed by atoms with Gasteiger partial charge in [0.15, 0.2) is 5.82 Å². The average Bonchev–Trinajstić information content (AvgIpc) is 2.92. The number of benzene rings is 1. The molecule has 0 saturated carbocycles. The lowest BCUT2D eigenvalue weighted by Gasteiger charge is -2.04. The highest BCUT2D eigenvalue weighted by Gasteiger charge is 2.12. The first-order chi connectivity index (χ1) is 9.54. The molecule has 1 aromatic carbocycles. The van der Waals surface area contributed by atoms with Crippen LogP contribution in [0.15, 0.2) is 16.7 Å². The second-order valence-electron chi connectivity index (χ2n) is 4.36. The minimum atomic E-state index is -0.516. The third-order valence-corrected chi connectivity index (χ3v) is 3.24. The maximum absolute atomic E-state index is 13.4. The summed E-state index contributed by atoms with van der Waals surface area (Å²) in [5.41, 5.74) is 6.99. The number of nitrogen functional groups attached to an aromatic ring is 1. The summed E-state index contributed by atoms with van der Waals surface area (Å²) in [5, 5.41) is 3.85. The summed E-state index contributed by atoms with van der Waals surface area (Å²) in [6.45, 7) is 2.23. The summed E-state index contributed by atoms with van der Waals surface area (Å²) >= 11 is 5.79. The zero-order valence-corrected chi connectivity index (χ0v) is 11.4. The molecule has 2 aromatic heterocycles. The van der Waals surface area contributed by atoms with Gasteiger partial charge >= 0.3 is 0 Å². The molecular weight excluding hydrogens is 285 g/mol. The molecule has 0 amide bonds. The van der Waals surface area contributed by atoms with Crippen LogP contribution in [0.1, 0.15) is 11.7 Å². The number of halogens is 2. The standard InChI is InChI=1S/C12H11ClFN5O/c1-6-16-11(18-20-6)2-3-19-10-4-7(13)8(14)5-9(10)17-12(19)15/h4-5H,2-3H2,1H3,(H2,15,17). The van der Waals surface area contributed by atoms with Crippen LogP contribution in [0.4, 0.5) is 10.3 Å². The van der Waals surface area contributed by atoms with Crippen molar-refractivity contribution in [2.75, 3.05) is 5.73 Å². The molecule has 6 nitrogen and oxygen atoms in total.